The molecule has 0 aromatic rings. The van der Waals surface area contributed by atoms with Gasteiger partial charge in [0.05, 0.1) is 11.0 Å². The molecule has 0 N–H and O–H groups in total. The second-order valence-corrected chi connectivity index (χ2v) is 9.19. The first-order valence-electron chi connectivity index (χ1n) is 7.96. The summed E-state index contributed by atoms with van der Waals surface area (Å²) in [5, 5.41) is -0.392. The maximum absolute atomic E-state index is 12.4. The van der Waals surface area contributed by atoms with E-state index in [0.717, 1.165) is 0 Å². The SMILES string of the molecule is CC(=O)N1CCC(C(=O)N2CC(S(=O)(=O)CC(C)C)C2)CC1. The maximum Gasteiger partial charge on any atom is 0.225 e. The minimum Gasteiger partial charge on any atom is -0.343 e. The molecule has 0 bridgehead atoms. The lowest BCUT2D eigenvalue weighted by Gasteiger charge is -2.42. The highest BCUT2D eigenvalue weighted by atomic mass is 32.2. The van der Waals surface area contributed by atoms with Crippen molar-refractivity contribution in [2.45, 2.75) is 38.9 Å². The first kappa shape index (κ1) is 17.2. The number of hydrogen-bond donors (Lipinski definition) is 0. The summed E-state index contributed by atoms with van der Waals surface area (Å²) in [6.45, 7) is 7.23. The molecule has 2 fully saturated rings. The van der Waals surface area contributed by atoms with Crippen molar-refractivity contribution in [3.63, 3.8) is 0 Å². The van der Waals surface area contributed by atoms with E-state index in [2.05, 4.69) is 0 Å². The molecule has 2 aliphatic rings. The van der Waals surface area contributed by atoms with Crippen LogP contribution in [0.5, 0.6) is 0 Å². The van der Waals surface area contributed by atoms with Crippen LogP contribution >= 0.6 is 0 Å². The molecule has 2 saturated heterocycles. The highest BCUT2D eigenvalue weighted by molar-refractivity contribution is 7.92. The molecule has 126 valence electrons. The molecular formula is C15H26N2O4S. The largest absolute Gasteiger partial charge is 0.343 e. The minimum atomic E-state index is -3.09. The van der Waals surface area contributed by atoms with Crippen molar-refractivity contribution in [1.82, 2.24) is 9.80 Å². The van der Waals surface area contributed by atoms with E-state index < -0.39 is 15.1 Å². The van der Waals surface area contributed by atoms with Crippen molar-refractivity contribution in [2.75, 3.05) is 31.9 Å². The van der Waals surface area contributed by atoms with Crippen LogP contribution in [0.25, 0.3) is 0 Å². The number of hydrogen-bond acceptors (Lipinski definition) is 4. The van der Waals surface area contributed by atoms with Crippen LogP contribution in [0.1, 0.15) is 33.6 Å². The highest BCUT2D eigenvalue weighted by Gasteiger charge is 2.42. The third kappa shape index (κ3) is 3.80. The molecule has 0 radical (unpaired) electrons. The van der Waals surface area contributed by atoms with E-state index in [1.165, 1.54) is 0 Å². The van der Waals surface area contributed by atoms with E-state index in [9.17, 15) is 18.0 Å². The topological polar surface area (TPSA) is 74.8 Å². The van der Waals surface area contributed by atoms with E-state index in [-0.39, 0.29) is 29.4 Å². The van der Waals surface area contributed by atoms with Crippen LogP contribution in [0, 0.1) is 11.8 Å². The Balaban J connectivity index is 1.81. The Labute approximate surface area is 132 Å². The standard InChI is InChI=1S/C15H26N2O4S/c1-11(2)10-22(20,21)14-8-17(9-14)15(19)13-4-6-16(7-5-13)12(3)18/h11,13-14H,4-10H2,1-3H3. The normalized spacial score (nSPS) is 21.1. The van der Waals surface area contributed by atoms with Gasteiger partial charge in [-0.05, 0) is 18.8 Å². The molecule has 0 aliphatic carbocycles. The van der Waals surface area contributed by atoms with Gasteiger partial charge >= 0.3 is 0 Å². The molecule has 7 heteroatoms. The van der Waals surface area contributed by atoms with Gasteiger partial charge in [0.25, 0.3) is 0 Å². The van der Waals surface area contributed by atoms with Crippen molar-refractivity contribution >= 4 is 21.7 Å². The molecule has 6 nitrogen and oxygen atoms in total. The molecule has 2 heterocycles. The van der Waals surface area contributed by atoms with E-state index in [1.807, 2.05) is 13.8 Å². The molecule has 2 amide bonds. The number of carbonyl (C=O) groups is 2. The quantitative estimate of drug-likeness (QED) is 0.753. The summed E-state index contributed by atoms with van der Waals surface area (Å²) in [6.07, 6.45) is 1.36. The van der Waals surface area contributed by atoms with Gasteiger partial charge in [0.2, 0.25) is 11.8 Å². The highest BCUT2D eigenvalue weighted by Crippen LogP contribution is 2.25. The van der Waals surface area contributed by atoms with Crippen molar-refractivity contribution in [2.24, 2.45) is 11.8 Å². The molecule has 2 rings (SSSR count). The lowest BCUT2D eigenvalue weighted by molar-refractivity contribution is -0.142. The van der Waals surface area contributed by atoms with Crippen molar-refractivity contribution in [3.8, 4) is 0 Å². The predicted octanol–water partition coefficient (Wildman–Crippen LogP) is 0.527. The van der Waals surface area contributed by atoms with Gasteiger partial charge in [-0.1, -0.05) is 13.8 Å². The molecule has 22 heavy (non-hydrogen) atoms. The van der Waals surface area contributed by atoms with E-state index in [4.69, 9.17) is 0 Å². The van der Waals surface area contributed by atoms with Gasteiger partial charge in [0, 0.05) is 39.0 Å². The Hall–Kier alpha value is -1.11. The Kier molecular flexibility index (Phi) is 5.14. The van der Waals surface area contributed by atoms with E-state index >= 15 is 0 Å². The first-order chi connectivity index (χ1) is 10.2. The van der Waals surface area contributed by atoms with Crippen molar-refractivity contribution in [1.29, 1.82) is 0 Å². The fourth-order valence-corrected chi connectivity index (χ4v) is 5.16. The Bertz CT molecular complexity index is 530. The number of nitrogens with zero attached hydrogens (tertiary/aromatic N) is 2. The lowest BCUT2D eigenvalue weighted by atomic mass is 9.94. The van der Waals surface area contributed by atoms with Crippen LogP contribution < -0.4 is 0 Å². The zero-order chi connectivity index (χ0) is 16.5. The Morgan fingerprint density at radius 1 is 1.09 bits per heavy atom. The molecule has 0 unspecified atom stereocenters. The van der Waals surface area contributed by atoms with Gasteiger partial charge in [-0.15, -0.1) is 0 Å². The second-order valence-electron chi connectivity index (χ2n) is 6.87. The summed E-state index contributed by atoms with van der Waals surface area (Å²) < 4.78 is 24.2. The van der Waals surface area contributed by atoms with Crippen LogP contribution in [-0.2, 0) is 19.4 Å². The molecular weight excluding hydrogens is 304 g/mol. The summed E-state index contributed by atoms with van der Waals surface area (Å²) in [4.78, 5) is 27.1. The average Bonchev–Trinajstić information content (AvgIpc) is 2.34. The summed E-state index contributed by atoms with van der Waals surface area (Å²) in [5.74, 6) is 0.348. The maximum atomic E-state index is 12.4. The molecule has 0 aromatic heterocycles. The van der Waals surface area contributed by atoms with Gasteiger partial charge < -0.3 is 9.80 Å². The van der Waals surface area contributed by atoms with Gasteiger partial charge in [-0.25, -0.2) is 8.42 Å². The van der Waals surface area contributed by atoms with Crippen molar-refractivity contribution < 1.29 is 18.0 Å². The second kappa shape index (κ2) is 6.56. The smallest absolute Gasteiger partial charge is 0.225 e. The van der Waals surface area contributed by atoms with E-state index in [1.54, 1.807) is 16.7 Å². The fraction of sp³-hybridized carbons (Fsp3) is 0.867. The minimum absolute atomic E-state index is 0.0506. The van der Waals surface area contributed by atoms with Crippen LogP contribution in [-0.4, -0.2) is 67.2 Å². The Morgan fingerprint density at radius 3 is 2.09 bits per heavy atom. The third-order valence-electron chi connectivity index (χ3n) is 4.52. The number of likely N-dealkylation sites (tertiary alicyclic amines) is 2. The average molecular weight is 330 g/mol. The molecule has 0 atom stereocenters. The number of rotatable bonds is 4. The zero-order valence-corrected chi connectivity index (χ0v) is 14.4. The molecule has 0 saturated carbocycles. The van der Waals surface area contributed by atoms with Crippen LogP contribution in [0.15, 0.2) is 0 Å². The molecule has 2 aliphatic heterocycles. The zero-order valence-electron chi connectivity index (χ0n) is 13.6. The Morgan fingerprint density at radius 2 is 1.64 bits per heavy atom. The summed E-state index contributed by atoms with van der Waals surface area (Å²) in [6, 6.07) is 0. The number of carbonyl (C=O) groups excluding carboxylic acids is 2. The van der Waals surface area contributed by atoms with Gasteiger partial charge in [-0.3, -0.25) is 9.59 Å². The summed E-state index contributed by atoms with van der Waals surface area (Å²) >= 11 is 0. The van der Waals surface area contributed by atoms with Gasteiger partial charge in [0.1, 0.15) is 0 Å². The monoisotopic (exact) mass is 330 g/mol. The first-order valence-corrected chi connectivity index (χ1v) is 9.68. The van der Waals surface area contributed by atoms with Crippen LogP contribution in [0.2, 0.25) is 0 Å². The van der Waals surface area contributed by atoms with Gasteiger partial charge in [-0.2, -0.15) is 0 Å². The lowest BCUT2D eigenvalue weighted by Crippen LogP contribution is -2.59. The summed E-state index contributed by atoms with van der Waals surface area (Å²) in [7, 11) is -3.09. The van der Waals surface area contributed by atoms with E-state index in [0.29, 0.717) is 39.0 Å². The van der Waals surface area contributed by atoms with Crippen LogP contribution in [0.4, 0.5) is 0 Å². The van der Waals surface area contributed by atoms with Crippen molar-refractivity contribution in [3.05, 3.63) is 0 Å². The molecule has 0 spiro atoms. The van der Waals surface area contributed by atoms with Crippen LogP contribution in [0.3, 0.4) is 0 Å². The number of sulfone groups is 1. The predicted molar refractivity (Wildman–Crippen MR) is 84.0 cm³/mol. The molecule has 0 aromatic carbocycles. The fourth-order valence-electron chi connectivity index (χ4n) is 3.15. The number of amides is 2. The van der Waals surface area contributed by atoms with Gasteiger partial charge in [0.15, 0.2) is 9.84 Å². The third-order valence-corrected chi connectivity index (χ3v) is 6.97. The number of piperidine rings is 1. The summed E-state index contributed by atoms with van der Waals surface area (Å²) in [5.41, 5.74) is 0.